The minimum absolute atomic E-state index is 0.00147. The van der Waals surface area contributed by atoms with Gasteiger partial charge in [0.15, 0.2) is 0 Å². The number of carbonyl (C=O) groups excluding carboxylic acids is 1. The highest BCUT2D eigenvalue weighted by molar-refractivity contribution is 5.92. The fourth-order valence-electron chi connectivity index (χ4n) is 5.60. The van der Waals surface area contributed by atoms with Crippen molar-refractivity contribution in [2.45, 2.75) is 59.4 Å². The lowest BCUT2D eigenvalue weighted by Crippen LogP contribution is -2.38. The van der Waals surface area contributed by atoms with Crippen molar-refractivity contribution in [2.75, 3.05) is 25.0 Å². The van der Waals surface area contributed by atoms with Crippen molar-refractivity contribution in [3.05, 3.63) is 53.1 Å². The monoisotopic (exact) mass is 445 g/mol. The van der Waals surface area contributed by atoms with Crippen molar-refractivity contribution in [1.29, 1.82) is 0 Å². The molecule has 1 N–H and O–H groups in total. The molecule has 1 atom stereocenters. The standard InChI is InChI=1S/C27H35N5O/c1-17(2)27(33)30-23-6-5-21-12-20(13-22(21)14-23)16-31-9-7-24(8-10-31)32-19(4)29-25-11-18(3)28-15-26(25)32/h5-6,11,14-15,17,20,24H,7-10,12-13,16H2,1-4H3,(H,30,33). The van der Waals surface area contributed by atoms with Crippen LogP contribution < -0.4 is 5.32 Å². The molecule has 1 unspecified atom stereocenters. The van der Waals surface area contributed by atoms with E-state index in [1.165, 1.54) is 16.6 Å². The zero-order chi connectivity index (χ0) is 23.1. The number of hydrogen-bond donors (Lipinski definition) is 1. The number of fused-ring (bicyclic) bond motifs is 2. The highest BCUT2D eigenvalue weighted by Gasteiger charge is 2.28. The van der Waals surface area contributed by atoms with E-state index in [4.69, 9.17) is 4.98 Å². The molecule has 6 heteroatoms. The van der Waals surface area contributed by atoms with E-state index in [-0.39, 0.29) is 11.8 Å². The summed E-state index contributed by atoms with van der Waals surface area (Å²) in [4.78, 5) is 24.0. The summed E-state index contributed by atoms with van der Waals surface area (Å²) in [5.41, 5.74) is 7.04. The first-order valence-electron chi connectivity index (χ1n) is 12.3. The predicted molar refractivity (Wildman–Crippen MR) is 133 cm³/mol. The quantitative estimate of drug-likeness (QED) is 0.619. The van der Waals surface area contributed by atoms with Crippen molar-refractivity contribution in [3.63, 3.8) is 0 Å². The SMILES string of the molecule is Cc1cc2nc(C)n(C3CCN(CC4Cc5ccc(NC(=O)C(C)C)cc5C4)CC3)c2cn1. The predicted octanol–water partition coefficient (Wildman–Crippen LogP) is 4.69. The number of anilines is 1. The summed E-state index contributed by atoms with van der Waals surface area (Å²) >= 11 is 0. The number of piperidine rings is 1. The summed E-state index contributed by atoms with van der Waals surface area (Å²) < 4.78 is 2.41. The van der Waals surface area contributed by atoms with Crippen molar-refractivity contribution < 1.29 is 4.79 Å². The Morgan fingerprint density at radius 2 is 1.88 bits per heavy atom. The molecule has 1 amide bonds. The van der Waals surface area contributed by atoms with Crippen LogP contribution in [0, 0.1) is 25.7 Å². The maximum Gasteiger partial charge on any atom is 0.226 e. The summed E-state index contributed by atoms with van der Waals surface area (Å²) in [6, 6.07) is 9.04. The van der Waals surface area contributed by atoms with Gasteiger partial charge in [0.2, 0.25) is 5.91 Å². The van der Waals surface area contributed by atoms with E-state index in [0.717, 1.165) is 68.0 Å². The van der Waals surface area contributed by atoms with Gasteiger partial charge in [0.1, 0.15) is 5.82 Å². The zero-order valence-electron chi connectivity index (χ0n) is 20.3. The van der Waals surface area contributed by atoms with Crippen LogP contribution in [0.5, 0.6) is 0 Å². The number of amides is 1. The number of nitrogens with zero attached hydrogens (tertiary/aromatic N) is 4. The topological polar surface area (TPSA) is 63.1 Å². The Bertz CT molecular complexity index is 1170. The van der Waals surface area contributed by atoms with Gasteiger partial charge in [-0.15, -0.1) is 0 Å². The third kappa shape index (κ3) is 4.54. The Morgan fingerprint density at radius 3 is 2.64 bits per heavy atom. The molecule has 3 aromatic rings. The summed E-state index contributed by atoms with van der Waals surface area (Å²) in [7, 11) is 0. The molecule has 0 spiro atoms. The van der Waals surface area contributed by atoms with Gasteiger partial charge in [-0.2, -0.15) is 0 Å². The number of hydrogen-bond acceptors (Lipinski definition) is 4. The number of aryl methyl sites for hydroxylation is 2. The van der Waals surface area contributed by atoms with Crippen molar-refractivity contribution in [2.24, 2.45) is 11.8 Å². The molecule has 1 saturated heterocycles. The van der Waals surface area contributed by atoms with E-state index in [1.807, 2.05) is 27.0 Å². The van der Waals surface area contributed by atoms with Gasteiger partial charge >= 0.3 is 0 Å². The van der Waals surface area contributed by atoms with E-state index in [1.54, 1.807) is 0 Å². The summed E-state index contributed by atoms with van der Waals surface area (Å²) in [6.07, 6.45) is 6.56. The van der Waals surface area contributed by atoms with E-state index in [9.17, 15) is 4.79 Å². The van der Waals surface area contributed by atoms with E-state index in [2.05, 4.69) is 51.0 Å². The molecule has 174 valence electrons. The van der Waals surface area contributed by atoms with E-state index in [0.29, 0.717) is 12.0 Å². The Morgan fingerprint density at radius 1 is 1.12 bits per heavy atom. The van der Waals surface area contributed by atoms with Crippen LogP contribution in [-0.2, 0) is 17.6 Å². The van der Waals surface area contributed by atoms with Gasteiger partial charge in [-0.3, -0.25) is 9.78 Å². The smallest absolute Gasteiger partial charge is 0.226 e. The molecule has 1 aliphatic heterocycles. The first-order valence-corrected chi connectivity index (χ1v) is 12.3. The summed E-state index contributed by atoms with van der Waals surface area (Å²) in [5, 5.41) is 3.04. The Balaban J connectivity index is 1.18. The Kier molecular flexibility index (Phi) is 5.95. The lowest BCUT2D eigenvalue weighted by atomic mass is 10.0. The first kappa shape index (κ1) is 22.1. The lowest BCUT2D eigenvalue weighted by molar-refractivity contribution is -0.118. The number of pyridine rings is 1. The Hall–Kier alpha value is -2.73. The van der Waals surface area contributed by atoms with Gasteiger partial charge in [-0.1, -0.05) is 19.9 Å². The molecule has 3 heterocycles. The molecule has 2 aliphatic rings. The zero-order valence-corrected chi connectivity index (χ0v) is 20.3. The fourth-order valence-corrected chi connectivity index (χ4v) is 5.60. The van der Waals surface area contributed by atoms with Gasteiger partial charge in [0.05, 0.1) is 17.2 Å². The molecular weight excluding hydrogens is 410 g/mol. The van der Waals surface area contributed by atoms with Crippen LogP contribution in [0.1, 0.15) is 55.4 Å². The maximum absolute atomic E-state index is 12.0. The van der Waals surface area contributed by atoms with E-state index >= 15 is 0 Å². The minimum atomic E-state index is -0.00147. The molecule has 2 aromatic heterocycles. The van der Waals surface area contributed by atoms with Gasteiger partial charge < -0.3 is 14.8 Å². The second-order valence-corrected chi connectivity index (χ2v) is 10.3. The second-order valence-electron chi connectivity index (χ2n) is 10.3. The number of aromatic nitrogens is 3. The van der Waals surface area contributed by atoms with Crippen molar-refractivity contribution in [1.82, 2.24) is 19.4 Å². The Labute approximate surface area is 196 Å². The fraction of sp³-hybridized carbons (Fsp3) is 0.519. The van der Waals surface area contributed by atoms with Crippen LogP contribution >= 0.6 is 0 Å². The number of imidazole rings is 1. The largest absolute Gasteiger partial charge is 0.326 e. The highest BCUT2D eigenvalue weighted by atomic mass is 16.1. The molecule has 5 rings (SSSR count). The van der Waals surface area contributed by atoms with Crippen LogP contribution in [0.4, 0.5) is 5.69 Å². The van der Waals surface area contributed by atoms with Gasteiger partial charge in [-0.05, 0) is 74.8 Å². The molecule has 0 bridgehead atoms. The molecule has 1 aromatic carbocycles. The van der Waals surface area contributed by atoms with Crippen LogP contribution in [-0.4, -0.2) is 45.0 Å². The van der Waals surface area contributed by atoms with E-state index < -0.39 is 0 Å². The molecule has 1 aliphatic carbocycles. The number of rotatable bonds is 5. The molecule has 6 nitrogen and oxygen atoms in total. The third-order valence-electron chi connectivity index (χ3n) is 7.34. The molecule has 0 radical (unpaired) electrons. The second kappa shape index (κ2) is 8.90. The van der Waals surface area contributed by atoms with Crippen molar-refractivity contribution in [3.8, 4) is 0 Å². The van der Waals surface area contributed by atoms with Crippen LogP contribution in [0.15, 0.2) is 30.5 Å². The number of nitrogens with one attached hydrogen (secondary N) is 1. The maximum atomic E-state index is 12.0. The molecule has 0 saturated carbocycles. The lowest BCUT2D eigenvalue weighted by Gasteiger charge is -2.34. The number of benzene rings is 1. The van der Waals surface area contributed by atoms with Crippen molar-refractivity contribution >= 4 is 22.6 Å². The van der Waals surface area contributed by atoms with Crippen LogP contribution in [0.25, 0.3) is 11.0 Å². The normalized spacial score (nSPS) is 19.4. The molecule has 33 heavy (non-hydrogen) atoms. The third-order valence-corrected chi connectivity index (χ3v) is 7.34. The molecule has 1 fully saturated rings. The average molecular weight is 446 g/mol. The highest BCUT2D eigenvalue weighted by Crippen LogP contribution is 2.32. The first-order chi connectivity index (χ1) is 15.9. The van der Waals surface area contributed by atoms with Crippen LogP contribution in [0.3, 0.4) is 0 Å². The van der Waals surface area contributed by atoms with Gasteiger partial charge in [0.25, 0.3) is 0 Å². The molecular formula is C27H35N5O. The minimum Gasteiger partial charge on any atom is -0.326 e. The van der Waals surface area contributed by atoms with Crippen LogP contribution in [0.2, 0.25) is 0 Å². The van der Waals surface area contributed by atoms with Gasteiger partial charge in [-0.25, -0.2) is 4.98 Å². The number of carbonyl (C=O) groups is 1. The van der Waals surface area contributed by atoms with Gasteiger partial charge in [0, 0.05) is 43.0 Å². The average Bonchev–Trinajstić information content (AvgIpc) is 3.32. The number of likely N-dealkylation sites (tertiary alicyclic amines) is 1. The summed E-state index contributed by atoms with van der Waals surface area (Å²) in [6.45, 7) is 11.4. The summed E-state index contributed by atoms with van der Waals surface area (Å²) in [5.74, 6) is 1.84.